The summed E-state index contributed by atoms with van der Waals surface area (Å²) in [5.74, 6) is -1.81. The van der Waals surface area contributed by atoms with Crippen LogP contribution in [0.15, 0.2) is 18.3 Å². The maximum absolute atomic E-state index is 13.0. The van der Waals surface area contributed by atoms with Gasteiger partial charge in [-0.1, -0.05) is 0 Å². The Morgan fingerprint density at radius 1 is 1.47 bits per heavy atom. The topological polar surface area (TPSA) is 28.2 Å². The van der Waals surface area contributed by atoms with Crippen LogP contribution < -0.4 is 10.2 Å². The van der Waals surface area contributed by atoms with E-state index in [0.717, 1.165) is 11.5 Å². The normalized spacial score (nSPS) is 19.3. The van der Waals surface area contributed by atoms with Crippen molar-refractivity contribution in [3.63, 3.8) is 0 Å². The van der Waals surface area contributed by atoms with E-state index in [1.54, 1.807) is 30.3 Å². The summed E-state index contributed by atoms with van der Waals surface area (Å²) in [4.78, 5) is 5.75. The molecular weight excluding hydrogens is 200 g/mol. The second kappa shape index (κ2) is 3.64. The lowest BCUT2D eigenvalue weighted by Gasteiger charge is -2.17. The highest BCUT2D eigenvalue weighted by atomic mass is 19.3. The molecule has 1 fully saturated rings. The third kappa shape index (κ3) is 2.16. The minimum atomic E-state index is -2.55. The molecule has 1 aliphatic heterocycles. The van der Waals surface area contributed by atoms with E-state index in [1.165, 1.54) is 0 Å². The first-order valence-corrected chi connectivity index (χ1v) is 4.87. The number of alkyl halides is 2. The first-order chi connectivity index (χ1) is 7.11. The molecule has 1 N–H and O–H groups in total. The molecule has 0 spiro atoms. The van der Waals surface area contributed by atoms with E-state index < -0.39 is 5.92 Å². The first kappa shape index (κ1) is 10.1. The van der Waals surface area contributed by atoms with Gasteiger partial charge in [0.1, 0.15) is 5.82 Å². The number of halogens is 2. The van der Waals surface area contributed by atoms with E-state index in [2.05, 4.69) is 10.3 Å². The molecule has 1 aromatic rings. The van der Waals surface area contributed by atoms with E-state index in [4.69, 9.17) is 0 Å². The van der Waals surface area contributed by atoms with E-state index in [1.807, 2.05) is 0 Å². The fourth-order valence-electron chi connectivity index (χ4n) is 1.68. The molecule has 1 aromatic heterocycles. The Morgan fingerprint density at radius 3 is 2.73 bits per heavy atom. The van der Waals surface area contributed by atoms with Crippen LogP contribution in [0.1, 0.15) is 6.42 Å². The predicted octanol–water partition coefficient (Wildman–Crippen LogP) is 1.97. The van der Waals surface area contributed by atoms with Gasteiger partial charge in [0.15, 0.2) is 0 Å². The molecule has 1 aliphatic rings. The summed E-state index contributed by atoms with van der Waals surface area (Å²) in [6, 6.07) is 3.59. The number of hydrogen-bond donors (Lipinski definition) is 1. The summed E-state index contributed by atoms with van der Waals surface area (Å²) >= 11 is 0. The summed E-state index contributed by atoms with van der Waals surface area (Å²) in [7, 11) is 1.77. The maximum Gasteiger partial charge on any atom is 0.266 e. The van der Waals surface area contributed by atoms with Crippen molar-refractivity contribution in [1.29, 1.82) is 0 Å². The lowest BCUT2D eigenvalue weighted by atomic mass is 10.3. The van der Waals surface area contributed by atoms with Crippen LogP contribution in [0.2, 0.25) is 0 Å². The van der Waals surface area contributed by atoms with Crippen molar-refractivity contribution < 1.29 is 8.78 Å². The highest BCUT2D eigenvalue weighted by molar-refractivity contribution is 5.50. The number of nitrogens with one attached hydrogen (secondary N) is 1. The predicted molar refractivity (Wildman–Crippen MR) is 55.6 cm³/mol. The van der Waals surface area contributed by atoms with Gasteiger partial charge in [-0.05, 0) is 12.1 Å². The van der Waals surface area contributed by atoms with Crippen LogP contribution in [0.3, 0.4) is 0 Å². The van der Waals surface area contributed by atoms with Gasteiger partial charge in [-0.3, -0.25) is 0 Å². The molecule has 0 bridgehead atoms. The van der Waals surface area contributed by atoms with Crippen LogP contribution >= 0.6 is 0 Å². The average Bonchev–Trinajstić information content (AvgIpc) is 2.59. The molecule has 15 heavy (non-hydrogen) atoms. The molecule has 0 aliphatic carbocycles. The van der Waals surface area contributed by atoms with E-state index in [0.29, 0.717) is 6.54 Å². The fourth-order valence-corrected chi connectivity index (χ4v) is 1.68. The van der Waals surface area contributed by atoms with Gasteiger partial charge in [0.2, 0.25) is 0 Å². The molecule has 2 rings (SSSR count). The van der Waals surface area contributed by atoms with E-state index in [-0.39, 0.29) is 13.0 Å². The van der Waals surface area contributed by atoms with Crippen LogP contribution in [-0.2, 0) is 0 Å². The largest absolute Gasteiger partial charge is 0.373 e. The van der Waals surface area contributed by atoms with Gasteiger partial charge in [0.25, 0.3) is 5.92 Å². The Hall–Kier alpha value is -1.39. The van der Waals surface area contributed by atoms with Gasteiger partial charge < -0.3 is 10.2 Å². The number of pyridine rings is 1. The molecule has 1 saturated heterocycles. The SMILES string of the molecule is CNc1ccc(N2CCC(F)(F)C2)cn1. The third-order valence-electron chi connectivity index (χ3n) is 2.54. The van der Waals surface area contributed by atoms with Crippen molar-refractivity contribution >= 4 is 11.5 Å². The minimum Gasteiger partial charge on any atom is -0.373 e. The smallest absolute Gasteiger partial charge is 0.266 e. The molecule has 82 valence electrons. The molecule has 5 heteroatoms. The zero-order valence-electron chi connectivity index (χ0n) is 8.50. The van der Waals surface area contributed by atoms with Crippen molar-refractivity contribution in [2.75, 3.05) is 30.4 Å². The zero-order chi connectivity index (χ0) is 10.9. The number of rotatable bonds is 2. The Morgan fingerprint density at radius 2 is 2.27 bits per heavy atom. The molecule has 3 nitrogen and oxygen atoms in total. The van der Waals surface area contributed by atoms with Crippen molar-refractivity contribution in [2.24, 2.45) is 0 Å². The number of nitrogens with zero attached hydrogens (tertiary/aromatic N) is 2. The Labute approximate surface area is 87.1 Å². The van der Waals surface area contributed by atoms with Crippen molar-refractivity contribution in [3.8, 4) is 0 Å². The summed E-state index contributed by atoms with van der Waals surface area (Å²) < 4.78 is 25.9. The standard InChI is InChI=1S/C10H13F2N3/c1-13-9-3-2-8(6-14-9)15-5-4-10(11,12)7-15/h2-3,6H,4-5,7H2,1H3,(H,13,14). The second-order valence-electron chi connectivity index (χ2n) is 3.68. The van der Waals surface area contributed by atoms with E-state index in [9.17, 15) is 8.78 Å². The summed E-state index contributed by atoms with van der Waals surface area (Å²) in [5.41, 5.74) is 0.756. The number of hydrogen-bond acceptors (Lipinski definition) is 3. The molecule has 0 atom stereocenters. The third-order valence-corrected chi connectivity index (χ3v) is 2.54. The zero-order valence-corrected chi connectivity index (χ0v) is 8.50. The molecule has 0 aromatic carbocycles. The van der Waals surface area contributed by atoms with Crippen LogP contribution in [0, 0.1) is 0 Å². The summed E-state index contributed by atoms with van der Waals surface area (Å²) in [6.45, 7) is 0.196. The molecular formula is C10H13F2N3. The summed E-state index contributed by atoms with van der Waals surface area (Å²) in [6.07, 6.45) is 1.55. The molecule has 0 radical (unpaired) electrons. The van der Waals surface area contributed by atoms with Gasteiger partial charge in [0, 0.05) is 20.0 Å². The Kier molecular flexibility index (Phi) is 2.46. The van der Waals surface area contributed by atoms with Crippen molar-refractivity contribution in [1.82, 2.24) is 4.98 Å². The molecule has 0 amide bonds. The van der Waals surface area contributed by atoms with Gasteiger partial charge >= 0.3 is 0 Å². The number of aromatic nitrogens is 1. The van der Waals surface area contributed by atoms with Crippen molar-refractivity contribution in [3.05, 3.63) is 18.3 Å². The van der Waals surface area contributed by atoms with Crippen LogP contribution in [-0.4, -0.2) is 31.0 Å². The summed E-state index contributed by atoms with van der Waals surface area (Å²) in [5, 5.41) is 2.88. The van der Waals surface area contributed by atoms with Crippen LogP contribution in [0.5, 0.6) is 0 Å². The highest BCUT2D eigenvalue weighted by Crippen LogP contribution is 2.30. The Balaban J connectivity index is 2.11. The van der Waals surface area contributed by atoms with Gasteiger partial charge in [-0.2, -0.15) is 0 Å². The van der Waals surface area contributed by atoms with E-state index >= 15 is 0 Å². The average molecular weight is 213 g/mol. The van der Waals surface area contributed by atoms with Gasteiger partial charge in [-0.25, -0.2) is 13.8 Å². The van der Waals surface area contributed by atoms with Crippen LogP contribution in [0.4, 0.5) is 20.3 Å². The van der Waals surface area contributed by atoms with Crippen LogP contribution in [0.25, 0.3) is 0 Å². The Bertz CT molecular complexity index is 337. The molecule has 0 saturated carbocycles. The molecule has 0 unspecified atom stereocenters. The van der Waals surface area contributed by atoms with Gasteiger partial charge in [0.05, 0.1) is 18.4 Å². The van der Waals surface area contributed by atoms with Gasteiger partial charge in [-0.15, -0.1) is 0 Å². The lowest BCUT2D eigenvalue weighted by Crippen LogP contribution is -2.24. The minimum absolute atomic E-state index is 0.0687. The lowest BCUT2D eigenvalue weighted by molar-refractivity contribution is 0.0257. The first-order valence-electron chi connectivity index (χ1n) is 4.87. The molecule has 2 heterocycles. The maximum atomic E-state index is 13.0. The quantitative estimate of drug-likeness (QED) is 0.814. The fraction of sp³-hybridized carbons (Fsp3) is 0.500. The monoisotopic (exact) mass is 213 g/mol. The van der Waals surface area contributed by atoms with Crippen molar-refractivity contribution in [2.45, 2.75) is 12.3 Å². The highest BCUT2D eigenvalue weighted by Gasteiger charge is 2.38. The number of anilines is 2. The second-order valence-corrected chi connectivity index (χ2v) is 3.68.